The molecule has 194 valence electrons. The maximum Gasteiger partial charge on any atom is 0.252 e. The predicted molar refractivity (Wildman–Crippen MR) is 155 cm³/mol. The fourth-order valence-corrected chi connectivity index (χ4v) is 4.74. The van der Waals surface area contributed by atoms with Gasteiger partial charge in [-0.15, -0.1) is 11.8 Å². The van der Waals surface area contributed by atoms with E-state index in [1.807, 2.05) is 92.7 Å². The Hall–Kier alpha value is -3.88. The van der Waals surface area contributed by atoms with E-state index < -0.39 is 0 Å². The number of benzene rings is 3. The number of aliphatic imine (C=N–C) groups is 1. The molecule has 7 nitrogen and oxygen atoms in total. The number of aryl methyl sites for hydroxylation is 1. The van der Waals surface area contributed by atoms with Crippen LogP contribution in [0.4, 0.5) is 11.6 Å². The maximum absolute atomic E-state index is 13.3. The van der Waals surface area contributed by atoms with Gasteiger partial charge in [-0.3, -0.25) is 19.9 Å². The fourth-order valence-electron chi connectivity index (χ4n) is 3.82. The summed E-state index contributed by atoms with van der Waals surface area (Å²) in [4.78, 5) is 38.4. The number of carbonyl (C=O) groups is 1. The average molecular weight is 546 g/mol. The summed E-state index contributed by atoms with van der Waals surface area (Å²) in [6.07, 6.45) is 0.611. The van der Waals surface area contributed by atoms with Crippen molar-refractivity contribution in [3.63, 3.8) is 0 Å². The zero-order chi connectivity index (χ0) is 26.9. The third-order valence-electron chi connectivity index (χ3n) is 5.65. The first-order valence-corrected chi connectivity index (χ1v) is 13.5. The van der Waals surface area contributed by atoms with E-state index in [1.165, 1.54) is 17.8 Å². The van der Waals surface area contributed by atoms with E-state index in [2.05, 4.69) is 25.6 Å². The van der Waals surface area contributed by atoms with Gasteiger partial charge in [0.2, 0.25) is 17.8 Å². The monoisotopic (exact) mass is 545 g/mol. The van der Waals surface area contributed by atoms with E-state index in [9.17, 15) is 9.59 Å². The Bertz CT molecular complexity index is 1470. The number of aromatic nitrogens is 2. The molecule has 4 rings (SSSR count). The van der Waals surface area contributed by atoms with E-state index in [0.29, 0.717) is 22.9 Å². The van der Waals surface area contributed by atoms with Crippen LogP contribution in [-0.4, -0.2) is 21.8 Å². The minimum Gasteiger partial charge on any atom is -0.326 e. The van der Waals surface area contributed by atoms with Crippen LogP contribution in [-0.2, 0) is 10.5 Å². The normalized spacial score (nSPS) is 12.1. The van der Waals surface area contributed by atoms with Crippen LogP contribution in [0.1, 0.15) is 36.1 Å². The molecule has 0 saturated carbocycles. The van der Waals surface area contributed by atoms with Gasteiger partial charge in [-0.25, -0.2) is 4.98 Å². The Morgan fingerprint density at radius 1 is 1.05 bits per heavy atom. The van der Waals surface area contributed by atoms with Crippen molar-refractivity contribution >= 4 is 46.9 Å². The van der Waals surface area contributed by atoms with Gasteiger partial charge in [0.25, 0.3) is 5.56 Å². The van der Waals surface area contributed by atoms with Gasteiger partial charge in [0.1, 0.15) is 0 Å². The first-order valence-electron chi connectivity index (χ1n) is 12.2. The molecular weight excluding hydrogens is 518 g/mol. The zero-order valence-electron chi connectivity index (χ0n) is 21.1. The van der Waals surface area contributed by atoms with E-state index in [-0.39, 0.29) is 29.3 Å². The molecule has 3 N–H and O–H groups in total. The van der Waals surface area contributed by atoms with E-state index in [1.54, 1.807) is 0 Å². The number of amides is 1. The Kier molecular flexibility index (Phi) is 9.35. The number of rotatable bonds is 8. The molecule has 38 heavy (non-hydrogen) atoms. The van der Waals surface area contributed by atoms with E-state index in [0.717, 1.165) is 21.7 Å². The van der Waals surface area contributed by atoms with Gasteiger partial charge in [0, 0.05) is 27.4 Å². The van der Waals surface area contributed by atoms with Crippen molar-refractivity contribution in [2.75, 3.05) is 5.32 Å². The van der Waals surface area contributed by atoms with E-state index >= 15 is 0 Å². The van der Waals surface area contributed by atoms with E-state index in [4.69, 9.17) is 11.6 Å². The van der Waals surface area contributed by atoms with Crippen LogP contribution in [0.3, 0.4) is 0 Å². The fraction of sp³-hybridized carbons (Fsp3) is 0.172. The van der Waals surface area contributed by atoms with Crippen molar-refractivity contribution in [1.82, 2.24) is 15.3 Å². The first kappa shape index (κ1) is 27.2. The number of hydrogen-bond donors (Lipinski definition) is 3. The summed E-state index contributed by atoms with van der Waals surface area (Å²) in [6, 6.07) is 26.2. The van der Waals surface area contributed by atoms with Gasteiger partial charge in [-0.2, -0.15) is 4.99 Å². The smallest absolute Gasteiger partial charge is 0.252 e. The van der Waals surface area contributed by atoms with Crippen LogP contribution in [0.2, 0.25) is 5.02 Å². The van der Waals surface area contributed by atoms with Crippen molar-refractivity contribution in [3.05, 3.63) is 117 Å². The second-order valence-corrected chi connectivity index (χ2v) is 10.1. The predicted octanol–water partition coefficient (Wildman–Crippen LogP) is 6.43. The molecule has 1 aromatic heterocycles. The molecule has 3 aromatic carbocycles. The number of guanidine groups is 1. The highest BCUT2D eigenvalue weighted by molar-refractivity contribution is 7.98. The lowest BCUT2D eigenvalue weighted by atomic mass is 9.96. The summed E-state index contributed by atoms with van der Waals surface area (Å²) in [6.45, 7) is 3.94. The molecule has 1 unspecified atom stereocenters. The number of nitrogens with one attached hydrogen (secondary N) is 3. The van der Waals surface area contributed by atoms with Gasteiger partial charge in [0.05, 0.1) is 11.6 Å². The summed E-state index contributed by atoms with van der Waals surface area (Å²) in [7, 11) is 0. The second kappa shape index (κ2) is 13.1. The summed E-state index contributed by atoms with van der Waals surface area (Å²) in [5, 5.41) is 6.74. The second-order valence-electron chi connectivity index (χ2n) is 8.62. The molecule has 0 spiro atoms. The van der Waals surface area contributed by atoms with Crippen molar-refractivity contribution in [3.8, 4) is 0 Å². The summed E-state index contributed by atoms with van der Waals surface area (Å²) in [5.74, 6) is 0.143. The first-order chi connectivity index (χ1) is 18.4. The lowest BCUT2D eigenvalue weighted by Crippen LogP contribution is -2.39. The van der Waals surface area contributed by atoms with Gasteiger partial charge in [-0.05, 0) is 60.9 Å². The van der Waals surface area contributed by atoms with Crippen molar-refractivity contribution in [2.45, 2.75) is 36.8 Å². The number of halogens is 1. The van der Waals surface area contributed by atoms with Crippen molar-refractivity contribution in [1.29, 1.82) is 0 Å². The molecule has 1 heterocycles. The van der Waals surface area contributed by atoms with Crippen LogP contribution in [0, 0.1) is 6.92 Å². The molecule has 0 bridgehead atoms. The average Bonchev–Trinajstić information content (AvgIpc) is 2.89. The molecule has 1 atom stereocenters. The Labute approximate surface area is 230 Å². The minimum absolute atomic E-state index is 0.0902. The molecular formula is C29H28ClN5O2S. The summed E-state index contributed by atoms with van der Waals surface area (Å²) < 4.78 is 0. The van der Waals surface area contributed by atoms with Gasteiger partial charge in [-0.1, -0.05) is 61.0 Å². The van der Waals surface area contributed by atoms with Gasteiger partial charge >= 0.3 is 0 Å². The number of aromatic amines is 1. The Balaban J connectivity index is 1.61. The number of nitrogens with zero attached hydrogens (tertiary/aromatic N) is 2. The van der Waals surface area contributed by atoms with Gasteiger partial charge < -0.3 is 5.32 Å². The topological polar surface area (TPSA) is 99.2 Å². The van der Waals surface area contributed by atoms with Crippen LogP contribution < -0.4 is 16.2 Å². The molecule has 0 radical (unpaired) electrons. The minimum atomic E-state index is -0.366. The van der Waals surface area contributed by atoms with Crippen LogP contribution in [0.25, 0.3) is 0 Å². The molecule has 9 heteroatoms. The van der Waals surface area contributed by atoms with Crippen LogP contribution in [0.15, 0.2) is 99.6 Å². The third-order valence-corrected chi connectivity index (χ3v) is 6.95. The van der Waals surface area contributed by atoms with Crippen molar-refractivity contribution < 1.29 is 4.79 Å². The number of H-pyrrole nitrogens is 1. The largest absolute Gasteiger partial charge is 0.326 e. The number of anilines is 1. The number of thioether (sulfide) groups is 1. The highest BCUT2D eigenvalue weighted by atomic mass is 35.5. The number of carbonyl (C=O) groups excluding carboxylic acids is 1. The zero-order valence-corrected chi connectivity index (χ0v) is 22.6. The Morgan fingerprint density at radius 2 is 1.82 bits per heavy atom. The molecule has 0 aliphatic heterocycles. The van der Waals surface area contributed by atoms with Crippen LogP contribution in [0.5, 0.6) is 0 Å². The Morgan fingerprint density at radius 3 is 2.53 bits per heavy atom. The third kappa shape index (κ3) is 7.81. The summed E-state index contributed by atoms with van der Waals surface area (Å²) >= 11 is 7.50. The molecule has 0 aliphatic carbocycles. The van der Waals surface area contributed by atoms with Crippen LogP contribution >= 0.6 is 23.4 Å². The summed E-state index contributed by atoms with van der Waals surface area (Å²) in [5.41, 5.74) is 2.93. The highest BCUT2D eigenvalue weighted by Crippen LogP contribution is 2.24. The molecule has 0 fully saturated rings. The quantitative estimate of drug-likeness (QED) is 0.134. The highest BCUT2D eigenvalue weighted by Gasteiger charge is 2.20. The van der Waals surface area contributed by atoms with Gasteiger partial charge in [0.15, 0.2) is 0 Å². The molecule has 1 amide bonds. The maximum atomic E-state index is 13.3. The lowest BCUT2D eigenvalue weighted by molar-refractivity contribution is -0.121. The lowest BCUT2D eigenvalue weighted by Gasteiger charge is -2.17. The van der Waals surface area contributed by atoms with Crippen molar-refractivity contribution in [2.24, 2.45) is 4.99 Å². The SMILES string of the molecule is CCC(C(=O)NC(=Nc1nc(CSc2ccc(Cl)cc2)cc(=O)[nH]1)Nc1cccc(C)c1)c1ccccc1. The molecule has 4 aromatic rings. The molecule has 0 saturated heterocycles. The number of hydrogen-bond acceptors (Lipinski definition) is 5. The molecule has 0 aliphatic rings. The standard InChI is InChI=1S/C29H28ClN5O2S/c1-3-25(20-9-5-4-6-10-20)27(37)34-29(31-22-11-7-8-19(2)16-22)35-28-32-23(17-26(36)33-28)18-38-24-14-12-21(30)13-15-24/h4-17,25H,3,18H2,1-2H3,(H3,31,32,33,34,35,36,37).